The lowest BCUT2D eigenvalue weighted by molar-refractivity contribution is 0.0654. The molecule has 0 fully saturated rings. The Kier molecular flexibility index (Phi) is 4.59. The van der Waals surface area contributed by atoms with E-state index < -0.39 is 0 Å². The van der Waals surface area contributed by atoms with Crippen molar-refractivity contribution in [3.8, 4) is 0 Å². The first-order valence-electron chi connectivity index (χ1n) is 8.00. The van der Waals surface area contributed by atoms with E-state index in [-0.39, 0.29) is 23.3 Å². The molecular weight excluding hydrogens is 340 g/mol. The summed E-state index contributed by atoms with van der Waals surface area (Å²) in [6.45, 7) is 4.08. The molecule has 5 nitrogen and oxygen atoms in total. The minimum atomic E-state index is -0.359. The highest BCUT2D eigenvalue weighted by Gasteiger charge is 2.35. The third kappa shape index (κ3) is 3.03. The molecule has 0 saturated heterocycles. The number of nitrogens with one attached hydrogen (secondary N) is 1. The fourth-order valence-electron chi connectivity index (χ4n) is 2.80. The van der Waals surface area contributed by atoms with Crippen LogP contribution in [0.2, 0.25) is 5.02 Å². The molecule has 1 N–H and O–H groups in total. The number of hydrogen-bond donors (Lipinski definition) is 1. The molecule has 0 aromatic heterocycles. The standard InChI is InChI=1S/C19H17ClN2O3/c1-3-9-22-18(24)13-8-7-12(10-14(13)19(22)25)17(23)21-16-6-4-5-15(20)11(16)2/h4-8,10H,3,9H2,1-2H3,(H,21,23). The Morgan fingerprint density at radius 3 is 2.56 bits per heavy atom. The molecule has 0 atom stereocenters. The van der Waals surface area contributed by atoms with Crippen molar-refractivity contribution < 1.29 is 14.4 Å². The lowest BCUT2D eigenvalue weighted by atomic mass is 10.0. The summed E-state index contributed by atoms with van der Waals surface area (Å²) < 4.78 is 0. The van der Waals surface area contributed by atoms with Crippen LogP contribution in [0.15, 0.2) is 36.4 Å². The molecule has 2 aromatic rings. The summed E-state index contributed by atoms with van der Waals surface area (Å²) in [6, 6.07) is 9.80. The fraction of sp³-hybridized carbons (Fsp3) is 0.211. The smallest absolute Gasteiger partial charge is 0.261 e. The zero-order chi connectivity index (χ0) is 18.1. The van der Waals surface area contributed by atoms with Crippen LogP contribution in [-0.4, -0.2) is 29.2 Å². The van der Waals surface area contributed by atoms with Crippen LogP contribution >= 0.6 is 11.6 Å². The van der Waals surface area contributed by atoms with Crippen LogP contribution in [0.5, 0.6) is 0 Å². The third-order valence-electron chi connectivity index (χ3n) is 4.20. The van der Waals surface area contributed by atoms with Crippen molar-refractivity contribution in [3.05, 3.63) is 63.7 Å². The van der Waals surface area contributed by atoms with Crippen LogP contribution in [0.4, 0.5) is 5.69 Å². The van der Waals surface area contributed by atoms with E-state index in [2.05, 4.69) is 5.32 Å². The van der Waals surface area contributed by atoms with Gasteiger partial charge in [0.15, 0.2) is 0 Å². The predicted molar refractivity (Wildman–Crippen MR) is 96.2 cm³/mol. The second-order valence-electron chi connectivity index (χ2n) is 5.89. The van der Waals surface area contributed by atoms with E-state index in [4.69, 9.17) is 11.6 Å². The van der Waals surface area contributed by atoms with Gasteiger partial charge in [0.25, 0.3) is 17.7 Å². The summed E-state index contributed by atoms with van der Waals surface area (Å²) in [5, 5.41) is 3.35. The number of carbonyl (C=O) groups excluding carboxylic acids is 3. The average molecular weight is 357 g/mol. The molecule has 0 saturated carbocycles. The van der Waals surface area contributed by atoms with Crippen molar-refractivity contribution in [3.63, 3.8) is 0 Å². The van der Waals surface area contributed by atoms with Crippen LogP contribution < -0.4 is 5.32 Å². The van der Waals surface area contributed by atoms with Gasteiger partial charge in [0, 0.05) is 22.8 Å². The van der Waals surface area contributed by atoms with Gasteiger partial charge in [-0.3, -0.25) is 19.3 Å². The quantitative estimate of drug-likeness (QED) is 0.845. The lowest BCUT2D eigenvalue weighted by Crippen LogP contribution is -2.30. The van der Waals surface area contributed by atoms with E-state index in [9.17, 15) is 14.4 Å². The van der Waals surface area contributed by atoms with Crippen LogP contribution in [0.3, 0.4) is 0 Å². The lowest BCUT2D eigenvalue weighted by Gasteiger charge is -2.11. The maximum atomic E-state index is 12.5. The van der Waals surface area contributed by atoms with E-state index in [1.165, 1.54) is 17.0 Å². The Morgan fingerprint density at radius 2 is 1.84 bits per heavy atom. The summed E-state index contributed by atoms with van der Waals surface area (Å²) in [4.78, 5) is 38.4. The number of carbonyl (C=O) groups is 3. The number of rotatable bonds is 4. The van der Waals surface area contributed by atoms with Crippen molar-refractivity contribution in [1.29, 1.82) is 0 Å². The maximum Gasteiger partial charge on any atom is 0.261 e. The van der Waals surface area contributed by atoms with Crippen molar-refractivity contribution in [2.45, 2.75) is 20.3 Å². The predicted octanol–water partition coefficient (Wildman–Crippen LogP) is 3.91. The normalized spacial score (nSPS) is 13.2. The number of fused-ring (bicyclic) bond motifs is 1. The third-order valence-corrected chi connectivity index (χ3v) is 4.61. The first-order chi connectivity index (χ1) is 11.9. The maximum absolute atomic E-state index is 12.5. The number of benzene rings is 2. The Hall–Kier alpha value is -2.66. The summed E-state index contributed by atoms with van der Waals surface area (Å²) in [6.07, 6.45) is 0.687. The Morgan fingerprint density at radius 1 is 1.12 bits per heavy atom. The van der Waals surface area contributed by atoms with E-state index in [0.717, 1.165) is 5.56 Å². The molecule has 25 heavy (non-hydrogen) atoms. The Bertz CT molecular complexity index is 892. The average Bonchev–Trinajstić information content (AvgIpc) is 2.84. The molecular formula is C19H17ClN2O3. The molecule has 1 aliphatic rings. The molecule has 3 amide bonds. The van der Waals surface area contributed by atoms with Crippen LogP contribution in [0.25, 0.3) is 0 Å². The van der Waals surface area contributed by atoms with Gasteiger partial charge in [0.2, 0.25) is 0 Å². The molecule has 1 aliphatic heterocycles. The van der Waals surface area contributed by atoms with Crippen molar-refractivity contribution >= 4 is 35.0 Å². The number of halogens is 1. The minimum Gasteiger partial charge on any atom is -0.322 e. The number of imide groups is 1. The van der Waals surface area contributed by atoms with Crippen LogP contribution in [0, 0.1) is 6.92 Å². The number of anilines is 1. The summed E-state index contributed by atoms with van der Waals surface area (Å²) >= 11 is 6.06. The van der Waals surface area contributed by atoms with Crippen LogP contribution in [-0.2, 0) is 0 Å². The molecule has 0 spiro atoms. The molecule has 0 aliphatic carbocycles. The van der Waals surface area contributed by atoms with E-state index in [0.29, 0.717) is 34.8 Å². The molecule has 0 unspecified atom stereocenters. The molecule has 1 heterocycles. The summed E-state index contributed by atoms with van der Waals surface area (Å²) in [5.41, 5.74) is 2.30. The Balaban J connectivity index is 1.88. The number of hydrogen-bond acceptors (Lipinski definition) is 3. The highest BCUT2D eigenvalue weighted by Crippen LogP contribution is 2.26. The highest BCUT2D eigenvalue weighted by atomic mass is 35.5. The Labute approximate surface area is 150 Å². The van der Waals surface area contributed by atoms with E-state index >= 15 is 0 Å². The zero-order valence-electron chi connectivity index (χ0n) is 13.9. The second-order valence-corrected chi connectivity index (χ2v) is 6.30. The molecule has 0 radical (unpaired) electrons. The van der Waals surface area contributed by atoms with Gasteiger partial charge in [0.1, 0.15) is 0 Å². The molecule has 0 bridgehead atoms. The number of nitrogens with zero attached hydrogens (tertiary/aromatic N) is 1. The summed E-state index contributed by atoms with van der Waals surface area (Å²) in [7, 11) is 0. The first-order valence-corrected chi connectivity index (χ1v) is 8.38. The van der Waals surface area contributed by atoms with Gasteiger partial charge in [-0.15, -0.1) is 0 Å². The van der Waals surface area contributed by atoms with E-state index in [1.54, 1.807) is 24.3 Å². The SMILES string of the molecule is CCCN1C(=O)c2ccc(C(=O)Nc3cccc(Cl)c3C)cc2C1=O. The first kappa shape index (κ1) is 17.2. The topological polar surface area (TPSA) is 66.5 Å². The van der Waals surface area contributed by atoms with Crippen LogP contribution in [0.1, 0.15) is 50.0 Å². The van der Waals surface area contributed by atoms with Gasteiger partial charge in [0.05, 0.1) is 11.1 Å². The zero-order valence-corrected chi connectivity index (χ0v) is 14.7. The molecule has 6 heteroatoms. The molecule has 3 rings (SSSR count). The van der Waals surface area contributed by atoms with E-state index in [1.807, 2.05) is 13.8 Å². The van der Waals surface area contributed by atoms with Crippen molar-refractivity contribution in [1.82, 2.24) is 4.90 Å². The largest absolute Gasteiger partial charge is 0.322 e. The fourth-order valence-corrected chi connectivity index (χ4v) is 2.97. The minimum absolute atomic E-state index is 0.272. The van der Waals surface area contributed by atoms with Gasteiger partial charge < -0.3 is 5.32 Å². The monoisotopic (exact) mass is 356 g/mol. The number of amides is 3. The van der Waals surface area contributed by atoms with Gasteiger partial charge in [-0.25, -0.2) is 0 Å². The highest BCUT2D eigenvalue weighted by molar-refractivity contribution is 6.31. The van der Waals surface area contributed by atoms with Gasteiger partial charge in [-0.1, -0.05) is 24.6 Å². The van der Waals surface area contributed by atoms with Gasteiger partial charge >= 0.3 is 0 Å². The van der Waals surface area contributed by atoms with Gasteiger partial charge in [-0.05, 0) is 49.2 Å². The molecule has 2 aromatic carbocycles. The second kappa shape index (κ2) is 6.69. The van der Waals surface area contributed by atoms with Gasteiger partial charge in [-0.2, -0.15) is 0 Å². The summed E-state index contributed by atoms with van der Waals surface area (Å²) in [5.74, 6) is -1.02. The van der Waals surface area contributed by atoms with Crippen molar-refractivity contribution in [2.75, 3.05) is 11.9 Å². The molecule has 128 valence electrons. The van der Waals surface area contributed by atoms with Crippen molar-refractivity contribution in [2.24, 2.45) is 0 Å².